The van der Waals surface area contributed by atoms with Crippen molar-refractivity contribution < 1.29 is 14.3 Å². The first-order valence-electron chi connectivity index (χ1n) is 4.70. The molecule has 0 aromatic carbocycles. The number of nitrogens with zero attached hydrogens (tertiary/aromatic N) is 1. The lowest BCUT2D eigenvalue weighted by Gasteiger charge is -2.18. The van der Waals surface area contributed by atoms with Gasteiger partial charge in [0.05, 0.1) is 15.8 Å². The fourth-order valence-electron chi connectivity index (χ4n) is 1.13. The Morgan fingerprint density at radius 2 is 2.19 bits per heavy atom. The Kier molecular flexibility index (Phi) is 4.95. The van der Waals surface area contributed by atoms with Crippen molar-refractivity contribution in [1.29, 1.82) is 0 Å². The normalized spacial score (nSPS) is 9.94. The van der Waals surface area contributed by atoms with Crippen LogP contribution in [0.25, 0.3) is 0 Å². The molecule has 1 aromatic heterocycles. The molecule has 0 bridgehead atoms. The van der Waals surface area contributed by atoms with Gasteiger partial charge in [0.25, 0.3) is 5.91 Å². The number of rotatable bonds is 4. The molecule has 0 atom stereocenters. The Labute approximate surface area is 106 Å². The summed E-state index contributed by atoms with van der Waals surface area (Å²) in [5.74, 6) is -0.561. The average molecular weight is 306 g/mol. The van der Waals surface area contributed by atoms with Crippen LogP contribution in [-0.4, -0.2) is 37.0 Å². The number of hydrogen-bond acceptors (Lipinski definition) is 4. The van der Waals surface area contributed by atoms with Crippen molar-refractivity contribution >= 4 is 39.1 Å². The van der Waals surface area contributed by atoms with Gasteiger partial charge >= 0.3 is 5.97 Å². The molecule has 0 radical (unpaired) electrons. The second kappa shape index (κ2) is 6.00. The van der Waals surface area contributed by atoms with Crippen LogP contribution in [0.3, 0.4) is 0 Å². The number of ether oxygens (including phenoxy) is 1. The van der Waals surface area contributed by atoms with Gasteiger partial charge in [-0.2, -0.15) is 0 Å². The van der Waals surface area contributed by atoms with E-state index in [4.69, 9.17) is 0 Å². The van der Waals surface area contributed by atoms with Crippen molar-refractivity contribution in [2.24, 2.45) is 0 Å². The molecule has 1 aromatic rings. The second-order valence-corrected chi connectivity index (χ2v) is 5.46. The molecule has 0 fully saturated rings. The Bertz CT molecular complexity index is 391. The van der Waals surface area contributed by atoms with E-state index in [1.807, 2.05) is 13.0 Å². The van der Waals surface area contributed by atoms with Crippen molar-refractivity contribution in [3.63, 3.8) is 0 Å². The van der Waals surface area contributed by atoms with Crippen LogP contribution in [0.15, 0.2) is 15.9 Å². The lowest BCUT2D eigenvalue weighted by molar-refractivity contribution is -0.141. The summed E-state index contributed by atoms with van der Waals surface area (Å²) in [6, 6.07) is 3.54. The van der Waals surface area contributed by atoms with Crippen LogP contribution in [0.4, 0.5) is 0 Å². The summed E-state index contributed by atoms with van der Waals surface area (Å²) in [5.41, 5.74) is 0. The third kappa shape index (κ3) is 3.31. The lowest BCUT2D eigenvalue weighted by Crippen LogP contribution is -2.35. The topological polar surface area (TPSA) is 46.6 Å². The summed E-state index contributed by atoms with van der Waals surface area (Å²) in [7, 11) is 1.31. The quantitative estimate of drug-likeness (QED) is 0.801. The van der Waals surface area contributed by atoms with Gasteiger partial charge < -0.3 is 9.64 Å². The number of esters is 1. The van der Waals surface area contributed by atoms with E-state index in [1.165, 1.54) is 23.3 Å². The minimum absolute atomic E-state index is 0.0125. The number of carbonyl (C=O) groups is 2. The van der Waals surface area contributed by atoms with Gasteiger partial charge in [-0.05, 0) is 35.0 Å². The minimum Gasteiger partial charge on any atom is -0.468 e. The standard InChI is InChI=1S/C10H12BrNO3S/c1-3-12(6-9(13)15-2)10(14)7-4-5-8(11)16-7/h4-5H,3,6H2,1-2H3. The van der Waals surface area contributed by atoms with Crippen LogP contribution >= 0.6 is 27.3 Å². The molecule has 16 heavy (non-hydrogen) atoms. The number of hydrogen-bond donors (Lipinski definition) is 0. The predicted molar refractivity (Wildman–Crippen MR) is 65.6 cm³/mol. The molecule has 0 aliphatic carbocycles. The number of halogens is 1. The molecule has 0 aliphatic heterocycles. The van der Waals surface area contributed by atoms with E-state index in [0.717, 1.165) is 3.79 Å². The number of thiophene rings is 1. The smallest absolute Gasteiger partial charge is 0.325 e. The van der Waals surface area contributed by atoms with E-state index in [1.54, 1.807) is 6.07 Å². The molecule has 1 rings (SSSR count). The summed E-state index contributed by atoms with van der Waals surface area (Å²) < 4.78 is 5.43. The number of amides is 1. The van der Waals surface area contributed by atoms with Gasteiger partial charge in [-0.1, -0.05) is 0 Å². The first-order valence-corrected chi connectivity index (χ1v) is 6.30. The maximum atomic E-state index is 11.9. The van der Waals surface area contributed by atoms with Crippen LogP contribution in [0.1, 0.15) is 16.6 Å². The van der Waals surface area contributed by atoms with Crippen molar-refractivity contribution in [2.45, 2.75) is 6.92 Å². The van der Waals surface area contributed by atoms with Crippen molar-refractivity contribution in [2.75, 3.05) is 20.2 Å². The molecule has 0 saturated heterocycles. The van der Waals surface area contributed by atoms with Gasteiger partial charge in [-0.15, -0.1) is 11.3 Å². The lowest BCUT2D eigenvalue weighted by atomic mass is 10.4. The fraction of sp³-hybridized carbons (Fsp3) is 0.400. The van der Waals surface area contributed by atoms with Crippen LogP contribution in [0.5, 0.6) is 0 Å². The molecule has 0 N–H and O–H groups in total. The molecule has 0 aliphatic rings. The zero-order valence-electron chi connectivity index (χ0n) is 9.03. The summed E-state index contributed by atoms with van der Waals surface area (Å²) in [5, 5.41) is 0. The zero-order chi connectivity index (χ0) is 12.1. The van der Waals surface area contributed by atoms with Gasteiger partial charge in [0.1, 0.15) is 6.54 Å². The van der Waals surface area contributed by atoms with Gasteiger partial charge in [-0.25, -0.2) is 0 Å². The molecule has 1 heterocycles. The van der Waals surface area contributed by atoms with Gasteiger partial charge in [0.15, 0.2) is 0 Å². The highest BCUT2D eigenvalue weighted by atomic mass is 79.9. The van der Waals surface area contributed by atoms with E-state index in [-0.39, 0.29) is 12.5 Å². The van der Waals surface area contributed by atoms with Crippen LogP contribution in [0.2, 0.25) is 0 Å². The zero-order valence-corrected chi connectivity index (χ0v) is 11.4. The first kappa shape index (κ1) is 13.2. The summed E-state index contributed by atoms with van der Waals surface area (Å²) in [4.78, 5) is 25.1. The fourth-order valence-corrected chi connectivity index (χ4v) is 2.49. The average Bonchev–Trinajstić information content (AvgIpc) is 2.71. The van der Waals surface area contributed by atoms with Crippen LogP contribution in [-0.2, 0) is 9.53 Å². The Hall–Kier alpha value is -0.880. The van der Waals surface area contributed by atoms with Crippen LogP contribution in [0, 0.1) is 0 Å². The highest BCUT2D eigenvalue weighted by molar-refractivity contribution is 9.11. The number of carbonyl (C=O) groups excluding carboxylic acids is 2. The third-order valence-electron chi connectivity index (χ3n) is 2.00. The summed E-state index contributed by atoms with van der Waals surface area (Å²) in [6.45, 7) is 2.29. The van der Waals surface area contributed by atoms with E-state index < -0.39 is 5.97 Å². The number of methoxy groups -OCH3 is 1. The Morgan fingerprint density at radius 3 is 2.62 bits per heavy atom. The van der Waals surface area contributed by atoms with Crippen molar-refractivity contribution in [3.05, 3.63) is 20.8 Å². The molecule has 6 heteroatoms. The third-order valence-corrected chi connectivity index (χ3v) is 3.61. The molecule has 0 saturated carbocycles. The molecule has 0 unspecified atom stereocenters. The largest absolute Gasteiger partial charge is 0.468 e. The molecular formula is C10H12BrNO3S. The molecule has 0 spiro atoms. The minimum atomic E-state index is -0.411. The van der Waals surface area contributed by atoms with Gasteiger partial charge in [0.2, 0.25) is 0 Å². The summed E-state index contributed by atoms with van der Waals surface area (Å²) >= 11 is 4.64. The molecule has 4 nitrogen and oxygen atoms in total. The summed E-state index contributed by atoms with van der Waals surface area (Å²) in [6.07, 6.45) is 0. The molecular weight excluding hydrogens is 294 g/mol. The van der Waals surface area contributed by atoms with E-state index >= 15 is 0 Å². The highest BCUT2D eigenvalue weighted by Gasteiger charge is 2.18. The van der Waals surface area contributed by atoms with Crippen LogP contribution < -0.4 is 0 Å². The maximum absolute atomic E-state index is 11.9. The monoisotopic (exact) mass is 305 g/mol. The van der Waals surface area contributed by atoms with E-state index in [0.29, 0.717) is 11.4 Å². The molecule has 88 valence electrons. The van der Waals surface area contributed by atoms with E-state index in [2.05, 4.69) is 20.7 Å². The number of likely N-dealkylation sites (N-methyl/N-ethyl adjacent to an activating group) is 1. The molecule has 1 amide bonds. The second-order valence-electron chi connectivity index (χ2n) is 3.00. The maximum Gasteiger partial charge on any atom is 0.325 e. The van der Waals surface area contributed by atoms with Gasteiger partial charge in [-0.3, -0.25) is 9.59 Å². The van der Waals surface area contributed by atoms with Crippen molar-refractivity contribution in [1.82, 2.24) is 4.90 Å². The van der Waals surface area contributed by atoms with E-state index in [9.17, 15) is 9.59 Å². The Balaban J connectivity index is 2.73. The SMILES string of the molecule is CCN(CC(=O)OC)C(=O)c1ccc(Br)s1. The van der Waals surface area contributed by atoms with Gasteiger partial charge in [0, 0.05) is 6.54 Å². The Morgan fingerprint density at radius 1 is 1.50 bits per heavy atom. The first-order chi connectivity index (χ1) is 7.58. The predicted octanol–water partition coefficient (Wildman–Crippen LogP) is 2.15. The van der Waals surface area contributed by atoms with Crippen molar-refractivity contribution in [3.8, 4) is 0 Å². The highest BCUT2D eigenvalue weighted by Crippen LogP contribution is 2.23.